The Morgan fingerprint density at radius 1 is 1.47 bits per heavy atom. The molecule has 0 aliphatic rings. The number of aromatic nitrogens is 1. The minimum atomic E-state index is 0.251. The van der Waals surface area contributed by atoms with E-state index in [4.69, 9.17) is 5.11 Å². The Morgan fingerprint density at radius 3 is 3.07 bits per heavy atom. The molecule has 2 N–H and O–H groups in total. The molecule has 0 amide bonds. The zero-order valence-electron chi connectivity index (χ0n) is 9.07. The van der Waals surface area contributed by atoms with Gasteiger partial charge in [0.05, 0.1) is 5.03 Å². The second kappa shape index (κ2) is 7.54. The van der Waals surface area contributed by atoms with Gasteiger partial charge < -0.3 is 10.4 Å². The van der Waals surface area contributed by atoms with Crippen molar-refractivity contribution in [3.05, 3.63) is 18.2 Å². The lowest BCUT2D eigenvalue weighted by Gasteiger charge is -2.05. The van der Waals surface area contributed by atoms with E-state index in [0.717, 1.165) is 36.0 Å². The molecule has 15 heavy (non-hydrogen) atoms. The summed E-state index contributed by atoms with van der Waals surface area (Å²) in [4.78, 5) is 4.45. The molecule has 0 saturated heterocycles. The van der Waals surface area contributed by atoms with Crippen molar-refractivity contribution in [2.24, 2.45) is 0 Å². The van der Waals surface area contributed by atoms with Crippen molar-refractivity contribution in [1.29, 1.82) is 0 Å². The van der Waals surface area contributed by atoms with Crippen molar-refractivity contribution in [2.45, 2.75) is 24.8 Å². The number of nitrogens with zero attached hydrogens (tertiary/aromatic N) is 1. The number of aliphatic hydroxyl groups is 1. The molecule has 1 heterocycles. The first-order valence-electron chi connectivity index (χ1n) is 5.31. The Bertz CT molecular complexity index is 281. The van der Waals surface area contributed by atoms with Gasteiger partial charge in [-0.25, -0.2) is 4.98 Å². The van der Waals surface area contributed by atoms with Crippen LogP contribution in [0, 0.1) is 0 Å². The fourth-order valence-electron chi connectivity index (χ4n) is 1.09. The molecule has 4 heteroatoms. The molecule has 0 aliphatic carbocycles. The highest BCUT2D eigenvalue weighted by atomic mass is 32.2. The largest absolute Gasteiger partial charge is 0.396 e. The number of pyridine rings is 1. The average molecular weight is 226 g/mol. The first kappa shape index (κ1) is 12.3. The molecular formula is C11H18N2OS. The fourth-order valence-corrected chi connectivity index (χ4v) is 1.91. The van der Waals surface area contributed by atoms with E-state index in [1.807, 2.05) is 18.2 Å². The maximum Gasteiger partial charge on any atom is 0.127 e. The lowest BCUT2D eigenvalue weighted by atomic mass is 10.4. The first-order valence-corrected chi connectivity index (χ1v) is 6.30. The third kappa shape index (κ3) is 5.04. The predicted octanol–water partition coefficient (Wildman–Crippen LogP) is 2.38. The molecular weight excluding hydrogens is 208 g/mol. The predicted molar refractivity (Wildman–Crippen MR) is 65.4 cm³/mol. The number of thioether (sulfide) groups is 1. The Labute approximate surface area is 95.3 Å². The van der Waals surface area contributed by atoms with Gasteiger partial charge in [0.15, 0.2) is 0 Å². The van der Waals surface area contributed by atoms with Crippen LogP contribution in [0.3, 0.4) is 0 Å². The Hall–Kier alpha value is -0.740. The van der Waals surface area contributed by atoms with Gasteiger partial charge in [-0.2, -0.15) is 0 Å². The minimum Gasteiger partial charge on any atom is -0.396 e. The summed E-state index contributed by atoms with van der Waals surface area (Å²) in [6, 6.07) is 5.98. The molecule has 1 rings (SSSR count). The van der Waals surface area contributed by atoms with Crippen molar-refractivity contribution < 1.29 is 5.11 Å². The molecule has 0 atom stereocenters. The molecule has 0 bridgehead atoms. The Kier molecular flexibility index (Phi) is 6.20. The van der Waals surface area contributed by atoms with Crippen LogP contribution in [0.4, 0.5) is 5.82 Å². The SMILES string of the molecule is CCCNc1cccc(SCCCO)n1. The van der Waals surface area contributed by atoms with Gasteiger partial charge in [0.25, 0.3) is 0 Å². The smallest absolute Gasteiger partial charge is 0.127 e. The second-order valence-electron chi connectivity index (χ2n) is 3.21. The van der Waals surface area contributed by atoms with E-state index in [1.54, 1.807) is 11.8 Å². The van der Waals surface area contributed by atoms with Gasteiger partial charge in [0.2, 0.25) is 0 Å². The van der Waals surface area contributed by atoms with Crippen LogP contribution in [0.5, 0.6) is 0 Å². The molecule has 0 fully saturated rings. The maximum atomic E-state index is 8.67. The number of nitrogens with one attached hydrogen (secondary N) is 1. The van der Waals surface area contributed by atoms with Crippen LogP contribution in [0.1, 0.15) is 19.8 Å². The lowest BCUT2D eigenvalue weighted by Crippen LogP contribution is -2.01. The first-order chi connectivity index (χ1) is 7.36. The number of hydrogen-bond donors (Lipinski definition) is 2. The summed E-state index contributed by atoms with van der Waals surface area (Å²) in [7, 11) is 0. The van der Waals surface area contributed by atoms with Gasteiger partial charge in [-0.15, -0.1) is 11.8 Å². The number of anilines is 1. The van der Waals surface area contributed by atoms with E-state index in [-0.39, 0.29) is 6.61 Å². The summed E-state index contributed by atoms with van der Waals surface area (Å²) in [5, 5.41) is 12.9. The van der Waals surface area contributed by atoms with Crippen LogP contribution in [-0.4, -0.2) is 29.0 Å². The van der Waals surface area contributed by atoms with Crippen LogP contribution < -0.4 is 5.32 Å². The molecule has 0 spiro atoms. The molecule has 0 unspecified atom stereocenters. The second-order valence-corrected chi connectivity index (χ2v) is 4.33. The quantitative estimate of drug-likeness (QED) is 0.553. The van der Waals surface area contributed by atoms with Crippen molar-refractivity contribution in [1.82, 2.24) is 4.98 Å². The summed E-state index contributed by atoms with van der Waals surface area (Å²) in [6.07, 6.45) is 1.92. The van der Waals surface area contributed by atoms with Gasteiger partial charge in [0, 0.05) is 18.9 Å². The van der Waals surface area contributed by atoms with Crippen LogP contribution >= 0.6 is 11.8 Å². The molecule has 0 radical (unpaired) electrons. The summed E-state index contributed by atoms with van der Waals surface area (Å²) < 4.78 is 0. The van der Waals surface area contributed by atoms with Gasteiger partial charge >= 0.3 is 0 Å². The van der Waals surface area contributed by atoms with Crippen LogP contribution in [0.2, 0.25) is 0 Å². The highest BCUT2D eigenvalue weighted by Crippen LogP contribution is 2.17. The molecule has 1 aromatic heterocycles. The van der Waals surface area contributed by atoms with Crippen LogP contribution in [-0.2, 0) is 0 Å². The van der Waals surface area contributed by atoms with E-state index in [9.17, 15) is 0 Å². The van der Waals surface area contributed by atoms with Gasteiger partial charge in [-0.1, -0.05) is 13.0 Å². The zero-order chi connectivity index (χ0) is 10.9. The van der Waals surface area contributed by atoms with Crippen molar-refractivity contribution in [3.63, 3.8) is 0 Å². The van der Waals surface area contributed by atoms with Gasteiger partial charge in [0.1, 0.15) is 5.82 Å². The topological polar surface area (TPSA) is 45.1 Å². The fraction of sp³-hybridized carbons (Fsp3) is 0.545. The molecule has 3 nitrogen and oxygen atoms in total. The van der Waals surface area contributed by atoms with E-state index < -0.39 is 0 Å². The average Bonchev–Trinajstić information content (AvgIpc) is 2.27. The minimum absolute atomic E-state index is 0.251. The van der Waals surface area contributed by atoms with Crippen molar-refractivity contribution in [3.8, 4) is 0 Å². The van der Waals surface area contributed by atoms with Gasteiger partial charge in [-0.3, -0.25) is 0 Å². The monoisotopic (exact) mass is 226 g/mol. The summed E-state index contributed by atoms with van der Waals surface area (Å²) in [6.45, 7) is 3.34. The van der Waals surface area contributed by atoms with E-state index in [0.29, 0.717) is 0 Å². The summed E-state index contributed by atoms with van der Waals surface area (Å²) in [5.74, 6) is 1.85. The Morgan fingerprint density at radius 2 is 2.33 bits per heavy atom. The number of aliphatic hydroxyl groups excluding tert-OH is 1. The Balaban J connectivity index is 2.42. The standard InChI is InChI=1S/C11H18N2OS/c1-2-7-12-10-5-3-6-11(13-10)15-9-4-8-14/h3,5-6,14H,2,4,7-9H2,1H3,(H,12,13). The molecule has 0 aliphatic heterocycles. The number of hydrogen-bond acceptors (Lipinski definition) is 4. The molecule has 84 valence electrons. The zero-order valence-corrected chi connectivity index (χ0v) is 9.89. The van der Waals surface area contributed by atoms with Crippen molar-refractivity contribution in [2.75, 3.05) is 24.2 Å². The lowest BCUT2D eigenvalue weighted by molar-refractivity contribution is 0.296. The van der Waals surface area contributed by atoms with E-state index >= 15 is 0 Å². The van der Waals surface area contributed by atoms with Crippen molar-refractivity contribution >= 4 is 17.6 Å². The van der Waals surface area contributed by atoms with Crippen LogP contribution in [0.15, 0.2) is 23.2 Å². The van der Waals surface area contributed by atoms with Gasteiger partial charge in [-0.05, 0) is 25.0 Å². The number of rotatable bonds is 7. The third-order valence-corrected chi connectivity index (χ3v) is 2.85. The highest BCUT2D eigenvalue weighted by molar-refractivity contribution is 7.99. The molecule has 0 aromatic carbocycles. The normalized spacial score (nSPS) is 10.3. The molecule has 1 aromatic rings. The maximum absolute atomic E-state index is 8.67. The van der Waals surface area contributed by atoms with Crippen LogP contribution in [0.25, 0.3) is 0 Å². The molecule has 0 saturated carbocycles. The summed E-state index contributed by atoms with van der Waals surface area (Å²) >= 11 is 1.68. The third-order valence-electron chi connectivity index (χ3n) is 1.83. The summed E-state index contributed by atoms with van der Waals surface area (Å²) in [5.41, 5.74) is 0. The van der Waals surface area contributed by atoms with E-state index in [2.05, 4.69) is 17.2 Å². The van der Waals surface area contributed by atoms with E-state index in [1.165, 1.54) is 0 Å². The highest BCUT2D eigenvalue weighted by Gasteiger charge is 1.97.